The number of phenolic OH excluding ortho intramolecular Hbond substituents is 3. The molecule has 0 radical (unpaired) electrons. The van der Waals surface area contributed by atoms with Gasteiger partial charge in [-0.3, -0.25) is 4.79 Å². The minimum atomic E-state index is -0.402. The number of benzene rings is 1. The molecule has 14 heavy (non-hydrogen) atoms. The van der Waals surface area contributed by atoms with E-state index in [-0.39, 0.29) is 23.0 Å². The van der Waals surface area contributed by atoms with E-state index in [4.69, 9.17) is 5.11 Å². The van der Waals surface area contributed by atoms with Crippen molar-refractivity contribution in [2.24, 2.45) is 5.92 Å². The molecule has 1 rings (SSSR count). The average Bonchev–Trinajstić information content (AvgIpc) is 2.01. The molecule has 0 spiro atoms. The van der Waals surface area contributed by atoms with Crippen LogP contribution in [0, 0.1) is 5.92 Å². The highest BCUT2D eigenvalue weighted by Gasteiger charge is 2.19. The van der Waals surface area contributed by atoms with Crippen LogP contribution >= 0.6 is 0 Å². The molecule has 0 amide bonds. The molecule has 3 N–H and O–H groups in total. The Morgan fingerprint density at radius 2 is 1.57 bits per heavy atom. The number of hydrogen-bond acceptors (Lipinski definition) is 4. The van der Waals surface area contributed by atoms with E-state index in [2.05, 4.69) is 0 Å². The van der Waals surface area contributed by atoms with Gasteiger partial charge in [0.2, 0.25) is 0 Å². The summed E-state index contributed by atoms with van der Waals surface area (Å²) >= 11 is 0. The third-order valence-electron chi connectivity index (χ3n) is 1.85. The molecule has 0 heterocycles. The molecule has 0 bridgehead atoms. The molecule has 0 aliphatic heterocycles. The topological polar surface area (TPSA) is 77.8 Å². The standard InChI is InChI=1S/C10H12O4/c1-5(2)10(14)9-7(12)3-6(11)4-8(9)13/h3-5,11-13H,1-2H3. The monoisotopic (exact) mass is 196 g/mol. The first-order valence-corrected chi connectivity index (χ1v) is 4.22. The number of carbonyl (C=O) groups excluding carboxylic acids is 1. The van der Waals surface area contributed by atoms with Gasteiger partial charge in [0.05, 0.1) is 0 Å². The second-order valence-electron chi connectivity index (χ2n) is 3.38. The molecule has 4 heteroatoms. The maximum absolute atomic E-state index is 11.5. The van der Waals surface area contributed by atoms with Gasteiger partial charge in [-0.25, -0.2) is 0 Å². The van der Waals surface area contributed by atoms with E-state index in [0.717, 1.165) is 12.1 Å². The van der Waals surface area contributed by atoms with Crippen LogP contribution < -0.4 is 0 Å². The number of phenols is 3. The molecule has 0 saturated heterocycles. The fourth-order valence-corrected chi connectivity index (χ4v) is 1.14. The van der Waals surface area contributed by atoms with Crippen LogP contribution in [0.5, 0.6) is 17.2 Å². The molecular weight excluding hydrogens is 184 g/mol. The molecule has 0 saturated carbocycles. The van der Waals surface area contributed by atoms with Crippen LogP contribution in [0.15, 0.2) is 12.1 Å². The lowest BCUT2D eigenvalue weighted by Crippen LogP contribution is -2.07. The van der Waals surface area contributed by atoms with Gasteiger partial charge in [-0.05, 0) is 0 Å². The minimum absolute atomic E-state index is 0.141. The summed E-state index contributed by atoms with van der Waals surface area (Å²) in [5.74, 6) is -1.76. The van der Waals surface area contributed by atoms with E-state index in [0.29, 0.717) is 0 Å². The van der Waals surface area contributed by atoms with Gasteiger partial charge in [-0.15, -0.1) is 0 Å². The van der Waals surface area contributed by atoms with Gasteiger partial charge >= 0.3 is 0 Å². The molecule has 0 unspecified atom stereocenters. The van der Waals surface area contributed by atoms with Crippen molar-refractivity contribution in [1.29, 1.82) is 0 Å². The van der Waals surface area contributed by atoms with Crippen molar-refractivity contribution in [3.63, 3.8) is 0 Å². The second-order valence-corrected chi connectivity index (χ2v) is 3.38. The van der Waals surface area contributed by atoms with Crippen molar-refractivity contribution in [2.75, 3.05) is 0 Å². The van der Waals surface area contributed by atoms with Crippen LogP contribution in [-0.4, -0.2) is 21.1 Å². The molecule has 1 aromatic rings. The molecular formula is C10H12O4. The molecule has 1 aromatic carbocycles. The van der Waals surface area contributed by atoms with Crippen LogP contribution in [0.4, 0.5) is 0 Å². The van der Waals surface area contributed by atoms with Crippen molar-refractivity contribution >= 4 is 5.78 Å². The van der Waals surface area contributed by atoms with E-state index in [1.54, 1.807) is 13.8 Å². The molecule has 0 atom stereocenters. The summed E-state index contributed by atoms with van der Waals surface area (Å²) in [4.78, 5) is 11.5. The normalized spacial score (nSPS) is 10.5. The number of Topliss-reactive ketones (excluding diaryl/α,β-unsaturated/α-hetero) is 1. The SMILES string of the molecule is CC(C)C(=O)c1c(O)cc(O)cc1O. The van der Waals surface area contributed by atoms with Crippen LogP contribution in [0.25, 0.3) is 0 Å². The Kier molecular flexibility index (Phi) is 2.65. The summed E-state index contributed by atoms with van der Waals surface area (Å²) in [5, 5.41) is 27.7. The lowest BCUT2D eigenvalue weighted by molar-refractivity contribution is 0.0934. The predicted molar refractivity (Wildman–Crippen MR) is 50.6 cm³/mol. The van der Waals surface area contributed by atoms with Gasteiger partial charge in [-0.2, -0.15) is 0 Å². The number of aromatic hydroxyl groups is 3. The average molecular weight is 196 g/mol. The largest absolute Gasteiger partial charge is 0.508 e. The number of hydrogen-bond donors (Lipinski definition) is 3. The fourth-order valence-electron chi connectivity index (χ4n) is 1.14. The molecule has 0 aliphatic carbocycles. The van der Waals surface area contributed by atoms with Crippen molar-refractivity contribution in [2.45, 2.75) is 13.8 Å². The lowest BCUT2D eigenvalue weighted by Gasteiger charge is -2.08. The molecule has 0 aromatic heterocycles. The summed E-state index contributed by atoms with van der Waals surface area (Å²) in [6.07, 6.45) is 0. The third-order valence-corrected chi connectivity index (χ3v) is 1.85. The van der Waals surface area contributed by atoms with Gasteiger partial charge < -0.3 is 15.3 Å². The predicted octanol–water partition coefficient (Wildman–Crippen LogP) is 1.64. The minimum Gasteiger partial charge on any atom is -0.508 e. The van der Waals surface area contributed by atoms with Crippen molar-refractivity contribution in [3.8, 4) is 17.2 Å². The highest BCUT2D eigenvalue weighted by Crippen LogP contribution is 2.33. The van der Waals surface area contributed by atoms with Crippen LogP contribution in [0.1, 0.15) is 24.2 Å². The highest BCUT2D eigenvalue weighted by atomic mass is 16.3. The van der Waals surface area contributed by atoms with Gasteiger partial charge in [0.25, 0.3) is 0 Å². The quantitative estimate of drug-likeness (QED) is 0.628. The number of rotatable bonds is 2. The Bertz CT molecular complexity index is 345. The van der Waals surface area contributed by atoms with Gasteiger partial charge in [-0.1, -0.05) is 13.8 Å². The van der Waals surface area contributed by atoms with Gasteiger partial charge in [0.15, 0.2) is 5.78 Å². The Balaban J connectivity index is 3.28. The molecule has 0 aliphatic rings. The zero-order chi connectivity index (χ0) is 10.9. The number of carbonyl (C=O) groups is 1. The van der Waals surface area contributed by atoms with Crippen molar-refractivity contribution in [3.05, 3.63) is 17.7 Å². The van der Waals surface area contributed by atoms with Gasteiger partial charge in [0, 0.05) is 18.1 Å². The van der Waals surface area contributed by atoms with E-state index in [9.17, 15) is 15.0 Å². The zero-order valence-corrected chi connectivity index (χ0v) is 7.98. The van der Waals surface area contributed by atoms with Crippen molar-refractivity contribution < 1.29 is 20.1 Å². The Morgan fingerprint density at radius 1 is 1.14 bits per heavy atom. The highest BCUT2D eigenvalue weighted by molar-refractivity contribution is 6.02. The van der Waals surface area contributed by atoms with E-state index in [1.807, 2.05) is 0 Å². The van der Waals surface area contributed by atoms with Gasteiger partial charge in [0.1, 0.15) is 22.8 Å². The lowest BCUT2D eigenvalue weighted by atomic mass is 9.99. The molecule has 0 fully saturated rings. The fraction of sp³-hybridized carbons (Fsp3) is 0.300. The van der Waals surface area contributed by atoms with Crippen LogP contribution in [0.2, 0.25) is 0 Å². The third kappa shape index (κ3) is 1.79. The first kappa shape index (κ1) is 10.4. The number of ketones is 1. The van der Waals surface area contributed by atoms with Crippen molar-refractivity contribution in [1.82, 2.24) is 0 Å². The summed E-state index contributed by atoms with van der Waals surface area (Å²) in [6, 6.07) is 2.05. The Labute approximate surface area is 81.4 Å². The summed E-state index contributed by atoms with van der Waals surface area (Å²) < 4.78 is 0. The molecule has 4 nitrogen and oxygen atoms in total. The van der Waals surface area contributed by atoms with E-state index in [1.165, 1.54) is 0 Å². The van der Waals surface area contributed by atoms with E-state index < -0.39 is 11.5 Å². The second kappa shape index (κ2) is 3.57. The maximum Gasteiger partial charge on any atom is 0.172 e. The smallest absolute Gasteiger partial charge is 0.172 e. The molecule has 76 valence electrons. The van der Waals surface area contributed by atoms with Crippen LogP contribution in [0.3, 0.4) is 0 Å². The first-order chi connectivity index (χ1) is 6.43. The zero-order valence-electron chi connectivity index (χ0n) is 7.98. The Hall–Kier alpha value is -1.71. The van der Waals surface area contributed by atoms with E-state index >= 15 is 0 Å². The Morgan fingerprint density at radius 3 is 1.93 bits per heavy atom. The first-order valence-electron chi connectivity index (χ1n) is 4.22. The maximum atomic E-state index is 11.5. The summed E-state index contributed by atoms with van der Waals surface area (Å²) in [7, 11) is 0. The summed E-state index contributed by atoms with van der Waals surface area (Å²) in [6.45, 7) is 3.32. The summed E-state index contributed by atoms with van der Waals surface area (Å²) in [5.41, 5.74) is -0.141. The van der Waals surface area contributed by atoms with Crippen LogP contribution in [-0.2, 0) is 0 Å².